The van der Waals surface area contributed by atoms with E-state index in [1.807, 2.05) is 6.92 Å². The van der Waals surface area contributed by atoms with E-state index in [1.54, 1.807) is 19.1 Å². The van der Waals surface area contributed by atoms with E-state index in [0.29, 0.717) is 24.8 Å². The summed E-state index contributed by atoms with van der Waals surface area (Å²) in [6, 6.07) is 4.60. The Bertz CT molecular complexity index is 1420. The Balaban J connectivity index is 1.34. The topological polar surface area (TPSA) is 146 Å². The van der Waals surface area contributed by atoms with Crippen LogP contribution in [0.25, 0.3) is 0 Å². The monoisotopic (exact) mass is 637 g/mol. The van der Waals surface area contributed by atoms with Crippen molar-refractivity contribution < 1.29 is 39.5 Å². The number of ketones is 1. The maximum atomic E-state index is 13.2. The first-order valence-corrected chi connectivity index (χ1v) is 17.2. The molecule has 9 heteroatoms. The number of ether oxygens (including phenoxy) is 2. The van der Waals surface area contributed by atoms with Gasteiger partial charge in [-0.15, -0.1) is 0 Å². The smallest absolute Gasteiger partial charge is 0.235 e. The molecule has 13 atom stereocenters. The third-order valence-corrected chi connectivity index (χ3v) is 12.3. The van der Waals surface area contributed by atoms with E-state index >= 15 is 0 Å². The number of Topliss-reactive ketones (excluding diaryl/α,β-unsaturated/α-hetero) is 1. The lowest BCUT2D eigenvalue weighted by atomic mass is 9.56. The number of amides is 1. The van der Waals surface area contributed by atoms with Crippen LogP contribution in [-0.2, 0) is 19.1 Å². The number of hydrogen-bond donors (Lipinski definition) is 5. The quantitative estimate of drug-likeness (QED) is 0.116. The van der Waals surface area contributed by atoms with E-state index in [1.165, 1.54) is 6.07 Å². The highest BCUT2D eigenvalue weighted by molar-refractivity contribution is 6.17. The van der Waals surface area contributed by atoms with Crippen LogP contribution in [0.1, 0.15) is 91.7 Å². The van der Waals surface area contributed by atoms with Crippen molar-refractivity contribution in [2.75, 3.05) is 0 Å². The van der Waals surface area contributed by atoms with Crippen LogP contribution in [0.4, 0.5) is 0 Å². The number of aliphatic hydroxyl groups excluding tert-OH is 2. The average Bonchev–Trinajstić information content (AvgIpc) is 3.25. The maximum absolute atomic E-state index is 13.2. The van der Waals surface area contributed by atoms with Crippen molar-refractivity contribution in [2.24, 2.45) is 53.3 Å². The summed E-state index contributed by atoms with van der Waals surface area (Å²) < 4.78 is 14.0. The largest absolute Gasteiger partial charge is 0.510 e. The highest BCUT2D eigenvalue weighted by Crippen LogP contribution is 2.55. The maximum Gasteiger partial charge on any atom is 0.235 e. The minimum atomic E-state index is -0.862. The summed E-state index contributed by atoms with van der Waals surface area (Å²) in [5, 5.41) is 46.1. The number of allylic oxidation sites excluding steroid dienone is 4. The third-order valence-electron chi connectivity index (χ3n) is 12.3. The Morgan fingerprint density at radius 1 is 0.978 bits per heavy atom. The Labute approximate surface area is 272 Å². The van der Waals surface area contributed by atoms with Crippen LogP contribution in [0.3, 0.4) is 0 Å². The van der Waals surface area contributed by atoms with Crippen molar-refractivity contribution in [3.8, 4) is 11.5 Å². The first-order valence-electron chi connectivity index (χ1n) is 17.2. The standard InChI is InChI=1S/C37H51NO8/c1-17-9-10-37(46-35(17)24-13-25(39)15-26(40)14-24)20(4)11-19(3)29(45-37)16-27-18(2)12-23-7-8-28(41)21(5)30(23)31(27)34(43)32-33(42)22(6)36(44)38-32/h12-15,17,19-23,27-31,35,39-41,43H,7-11,16H2,1-6H3,(H,38,44)/t17-,19-,20-,21+,22?,23+,27-,28-,29+,30+,31+,35-,37+/m1/s1. The zero-order valence-corrected chi connectivity index (χ0v) is 27.9. The fourth-order valence-electron chi connectivity index (χ4n) is 9.46. The summed E-state index contributed by atoms with van der Waals surface area (Å²) >= 11 is 0. The molecule has 1 aromatic carbocycles. The minimum absolute atomic E-state index is 0.00211. The molecule has 1 spiro atoms. The molecule has 0 aromatic heterocycles. The SMILES string of the molecule is CC1=C[C@@H]2CC[C@@H](O)[C@H](C)[C@@H]2[C@@H](C(O)=C2NC(=O)C(C)C2=O)[C@@H]1C[C@@H]1O[C@]2(CC[C@@H](C)[C@H](c3cc(O)cc(O)c3)O2)[C@H](C)C[C@H]1C. The molecular weight excluding hydrogens is 586 g/mol. The Morgan fingerprint density at radius 2 is 1.67 bits per heavy atom. The van der Waals surface area contributed by atoms with Crippen molar-refractivity contribution in [2.45, 2.75) is 104 Å². The van der Waals surface area contributed by atoms with Gasteiger partial charge in [-0.1, -0.05) is 39.3 Å². The van der Waals surface area contributed by atoms with Gasteiger partial charge in [0.15, 0.2) is 11.6 Å². The van der Waals surface area contributed by atoms with Gasteiger partial charge in [-0.3, -0.25) is 9.59 Å². The molecule has 252 valence electrons. The lowest BCUT2D eigenvalue weighted by Crippen LogP contribution is -2.55. The summed E-state index contributed by atoms with van der Waals surface area (Å²) in [5.41, 5.74) is 1.84. The van der Waals surface area contributed by atoms with E-state index in [-0.39, 0.29) is 76.6 Å². The second-order valence-corrected chi connectivity index (χ2v) is 15.3. The molecule has 3 heterocycles. The van der Waals surface area contributed by atoms with Gasteiger partial charge in [0.1, 0.15) is 28.9 Å². The predicted molar refractivity (Wildman–Crippen MR) is 171 cm³/mol. The summed E-state index contributed by atoms with van der Waals surface area (Å²) in [6.45, 7) is 12.2. The van der Waals surface area contributed by atoms with Gasteiger partial charge >= 0.3 is 0 Å². The number of nitrogens with one attached hydrogen (secondary N) is 1. The van der Waals surface area contributed by atoms with Crippen LogP contribution in [0.2, 0.25) is 0 Å². The van der Waals surface area contributed by atoms with Crippen LogP contribution in [0, 0.1) is 53.3 Å². The number of carbonyl (C=O) groups is 2. The molecule has 2 aliphatic carbocycles. The number of aliphatic hydroxyl groups is 2. The van der Waals surface area contributed by atoms with Crippen molar-refractivity contribution in [3.05, 3.63) is 46.9 Å². The number of aromatic hydroxyl groups is 2. The number of benzene rings is 1. The highest BCUT2D eigenvalue weighted by Gasteiger charge is 2.54. The van der Waals surface area contributed by atoms with Crippen LogP contribution >= 0.6 is 0 Å². The van der Waals surface area contributed by atoms with Gasteiger partial charge in [0.2, 0.25) is 5.91 Å². The molecule has 0 bridgehead atoms. The molecule has 1 saturated carbocycles. The van der Waals surface area contributed by atoms with Crippen molar-refractivity contribution in [1.29, 1.82) is 0 Å². The third kappa shape index (κ3) is 5.66. The van der Waals surface area contributed by atoms with E-state index in [9.17, 15) is 30.0 Å². The zero-order valence-electron chi connectivity index (χ0n) is 27.9. The fourth-order valence-corrected chi connectivity index (χ4v) is 9.46. The van der Waals surface area contributed by atoms with Crippen LogP contribution < -0.4 is 5.32 Å². The molecule has 5 N–H and O–H groups in total. The number of phenols is 2. The molecule has 3 aliphatic heterocycles. The molecule has 4 fully saturated rings. The molecule has 6 rings (SSSR count). The van der Waals surface area contributed by atoms with Gasteiger partial charge in [-0.25, -0.2) is 0 Å². The Morgan fingerprint density at radius 3 is 2.33 bits per heavy atom. The van der Waals surface area contributed by atoms with Crippen molar-refractivity contribution in [3.63, 3.8) is 0 Å². The van der Waals surface area contributed by atoms with Gasteiger partial charge in [-0.05, 0) is 99.2 Å². The zero-order chi connectivity index (χ0) is 33.2. The van der Waals surface area contributed by atoms with Gasteiger partial charge in [0.05, 0.1) is 18.3 Å². The summed E-state index contributed by atoms with van der Waals surface area (Å²) in [6.07, 6.45) is 5.71. The van der Waals surface area contributed by atoms with Gasteiger partial charge in [0.25, 0.3) is 0 Å². The summed E-state index contributed by atoms with van der Waals surface area (Å²) in [5.74, 6) is -2.89. The van der Waals surface area contributed by atoms with Crippen LogP contribution in [0.15, 0.2) is 41.3 Å². The molecule has 3 saturated heterocycles. The molecule has 46 heavy (non-hydrogen) atoms. The molecule has 5 aliphatic rings. The molecule has 1 amide bonds. The number of hydrogen-bond acceptors (Lipinski definition) is 8. The average molecular weight is 638 g/mol. The van der Waals surface area contributed by atoms with Gasteiger partial charge < -0.3 is 35.2 Å². The number of fused-ring (bicyclic) bond motifs is 1. The predicted octanol–water partition coefficient (Wildman–Crippen LogP) is 6.05. The minimum Gasteiger partial charge on any atom is -0.510 e. The lowest BCUT2D eigenvalue weighted by Gasteiger charge is -2.54. The summed E-state index contributed by atoms with van der Waals surface area (Å²) in [4.78, 5) is 25.6. The van der Waals surface area contributed by atoms with Crippen LogP contribution in [0.5, 0.6) is 11.5 Å². The van der Waals surface area contributed by atoms with Gasteiger partial charge in [0, 0.05) is 24.3 Å². The van der Waals surface area contributed by atoms with Crippen molar-refractivity contribution >= 4 is 11.7 Å². The number of phenolic OH excluding ortho intramolecular Hbond substituents is 2. The Kier molecular flexibility index (Phi) is 8.83. The second-order valence-electron chi connectivity index (χ2n) is 15.3. The molecule has 1 aromatic rings. The summed E-state index contributed by atoms with van der Waals surface area (Å²) in [7, 11) is 0. The molecule has 0 radical (unpaired) electrons. The molecule has 1 unspecified atom stereocenters. The fraction of sp³-hybridized carbons (Fsp3) is 0.676. The van der Waals surface area contributed by atoms with Crippen LogP contribution in [-0.4, -0.2) is 50.1 Å². The first-order chi connectivity index (χ1) is 21.7. The Hall–Kier alpha value is -2.88. The van der Waals surface area contributed by atoms with Crippen molar-refractivity contribution in [1.82, 2.24) is 5.32 Å². The number of rotatable bonds is 4. The first kappa shape index (κ1) is 33.0. The van der Waals surface area contributed by atoms with E-state index in [0.717, 1.165) is 24.8 Å². The van der Waals surface area contributed by atoms with E-state index in [2.05, 4.69) is 39.1 Å². The normalized spacial score (nSPS) is 44.0. The molecule has 9 nitrogen and oxygen atoms in total. The van der Waals surface area contributed by atoms with E-state index in [4.69, 9.17) is 9.47 Å². The molecular formula is C37H51NO8. The lowest BCUT2D eigenvalue weighted by molar-refractivity contribution is -0.356. The van der Waals surface area contributed by atoms with Gasteiger partial charge in [-0.2, -0.15) is 0 Å². The second kappa shape index (κ2) is 12.3. The highest BCUT2D eigenvalue weighted by atomic mass is 16.7. The number of carbonyl (C=O) groups excluding carboxylic acids is 2. The van der Waals surface area contributed by atoms with E-state index < -0.39 is 35.4 Å².